The van der Waals surface area contributed by atoms with Crippen molar-refractivity contribution in [3.8, 4) is 0 Å². The van der Waals surface area contributed by atoms with Crippen LogP contribution in [-0.4, -0.2) is 12.5 Å². The molecule has 0 aliphatic carbocycles. The van der Waals surface area contributed by atoms with Crippen LogP contribution in [-0.2, 0) is 4.79 Å². The van der Waals surface area contributed by atoms with E-state index in [4.69, 9.17) is 5.84 Å². The molecule has 0 saturated carbocycles. The average Bonchev–Trinajstić information content (AvgIpc) is 2.21. The molecule has 0 atom stereocenters. The first kappa shape index (κ1) is 11.3. The molecule has 1 amide bonds. The minimum absolute atomic E-state index is 0.164. The zero-order valence-corrected chi connectivity index (χ0v) is 9.74. The van der Waals surface area contributed by atoms with Gasteiger partial charge in [-0.05, 0) is 46.9 Å². The second-order valence-corrected chi connectivity index (χ2v) is 4.00. The molecule has 0 aliphatic heterocycles. The van der Waals surface area contributed by atoms with E-state index in [1.165, 1.54) is 3.57 Å². The van der Waals surface area contributed by atoms with E-state index in [0.29, 0.717) is 13.0 Å². The lowest BCUT2D eigenvalue weighted by molar-refractivity contribution is -0.120. The van der Waals surface area contributed by atoms with Gasteiger partial charge >= 0.3 is 0 Å². The quantitative estimate of drug-likeness (QED) is 0.337. The van der Waals surface area contributed by atoms with E-state index >= 15 is 0 Å². The number of hydrogen-bond donors (Lipinski definition) is 3. The fourth-order valence-electron chi connectivity index (χ4n) is 0.960. The second-order valence-electron chi connectivity index (χ2n) is 2.75. The lowest BCUT2D eigenvalue weighted by atomic mass is 10.3. The number of amides is 1. The third-order valence-electron chi connectivity index (χ3n) is 1.69. The average molecular weight is 305 g/mol. The van der Waals surface area contributed by atoms with E-state index in [1.54, 1.807) is 0 Å². The van der Waals surface area contributed by atoms with Gasteiger partial charge in [0.25, 0.3) is 0 Å². The van der Waals surface area contributed by atoms with Crippen LogP contribution in [0.3, 0.4) is 0 Å². The molecule has 0 radical (unpaired) electrons. The van der Waals surface area contributed by atoms with Crippen molar-refractivity contribution in [1.82, 2.24) is 5.43 Å². The number of benzene rings is 1. The fraction of sp³-hybridized carbons (Fsp3) is 0.222. The topological polar surface area (TPSA) is 67.1 Å². The Morgan fingerprint density at radius 2 is 2.00 bits per heavy atom. The van der Waals surface area contributed by atoms with Crippen LogP contribution in [0, 0.1) is 3.57 Å². The van der Waals surface area contributed by atoms with E-state index in [2.05, 4.69) is 33.3 Å². The summed E-state index contributed by atoms with van der Waals surface area (Å²) >= 11 is 2.24. The minimum atomic E-state index is -0.164. The van der Waals surface area contributed by atoms with Crippen molar-refractivity contribution in [2.24, 2.45) is 5.84 Å². The summed E-state index contributed by atoms with van der Waals surface area (Å²) in [5, 5.41) is 3.12. The summed E-state index contributed by atoms with van der Waals surface area (Å²) < 4.78 is 1.19. The largest absolute Gasteiger partial charge is 0.385 e. The number of rotatable bonds is 4. The maximum absolute atomic E-state index is 10.8. The number of nitrogens with two attached hydrogens (primary N) is 1. The van der Waals surface area contributed by atoms with Crippen molar-refractivity contribution >= 4 is 34.2 Å². The van der Waals surface area contributed by atoms with Crippen LogP contribution in [0.15, 0.2) is 24.3 Å². The minimum Gasteiger partial charge on any atom is -0.385 e. The smallest absolute Gasteiger partial charge is 0.235 e. The van der Waals surface area contributed by atoms with Gasteiger partial charge in [0.05, 0.1) is 0 Å². The molecule has 0 aliphatic rings. The fourth-order valence-corrected chi connectivity index (χ4v) is 1.32. The highest BCUT2D eigenvalue weighted by Gasteiger charge is 1.97. The van der Waals surface area contributed by atoms with E-state index in [0.717, 1.165) is 5.69 Å². The van der Waals surface area contributed by atoms with Gasteiger partial charge in [0.1, 0.15) is 0 Å². The summed E-state index contributed by atoms with van der Waals surface area (Å²) in [5.74, 6) is 4.78. The molecule has 0 spiro atoms. The van der Waals surface area contributed by atoms with Crippen molar-refractivity contribution in [2.45, 2.75) is 6.42 Å². The molecule has 1 aromatic carbocycles. The molecule has 14 heavy (non-hydrogen) atoms. The summed E-state index contributed by atoms with van der Waals surface area (Å²) in [4.78, 5) is 10.8. The Labute approximate surface area is 96.4 Å². The first-order valence-corrected chi connectivity index (χ1v) is 5.29. The molecular weight excluding hydrogens is 293 g/mol. The Balaban J connectivity index is 2.31. The Hall–Kier alpha value is -0.820. The van der Waals surface area contributed by atoms with Gasteiger partial charge in [-0.1, -0.05) is 0 Å². The molecular formula is C9H12IN3O. The highest BCUT2D eigenvalue weighted by molar-refractivity contribution is 14.1. The van der Waals surface area contributed by atoms with Gasteiger partial charge in [-0.3, -0.25) is 10.2 Å². The molecule has 4 nitrogen and oxygen atoms in total. The van der Waals surface area contributed by atoms with Gasteiger partial charge in [0.2, 0.25) is 5.91 Å². The van der Waals surface area contributed by atoms with Crippen LogP contribution in [0.4, 0.5) is 5.69 Å². The first-order chi connectivity index (χ1) is 6.72. The molecule has 4 N–H and O–H groups in total. The predicted molar refractivity (Wildman–Crippen MR) is 64.6 cm³/mol. The molecule has 1 rings (SSSR count). The predicted octanol–water partition coefficient (Wildman–Crippen LogP) is 1.08. The Bertz CT molecular complexity index is 299. The maximum Gasteiger partial charge on any atom is 0.235 e. The summed E-state index contributed by atoms with van der Waals surface area (Å²) in [5.41, 5.74) is 3.09. The summed E-state index contributed by atoms with van der Waals surface area (Å²) in [6, 6.07) is 7.96. The van der Waals surface area contributed by atoms with Gasteiger partial charge in [-0.25, -0.2) is 5.84 Å². The highest BCUT2D eigenvalue weighted by atomic mass is 127. The van der Waals surface area contributed by atoms with Crippen molar-refractivity contribution < 1.29 is 4.79 Å². The van der Waals surface area contributed by atoms with Gasteiger partial charge in [0.15, 0.2) is 0 Å². The van der Waals surface area contributed by atoms with Crippen LogP contribution in [0.5, 0.6) is 0 Å². The molecule has 0 aromatic heterocycles. The normalized spacial score (nSPS) is 9.57. The molecule has 76 valence electrons. The van der Waals surface area contributed by atoms with Gasteiger partial charge in [0, 0.05) is 22.2 Å². The van der Waals surface area contributed by atoms with Gasteiger partial charge < -0.3 is 5.32 Å². The molecule has 0 bridgehead atoms. The van der Waals surface area contributed by atoms with Crippen molar-refractivity contribution in [1.29, 1.82) is 0 Å². The molecule has 1 aromatic rings. The van der Waals surface area contributed by atoms with Crippen LogP contribution in [0.25, 0.3) is 0 Å². The van der Waals surface area contributed by atoms with Crippen LogP contribution in [0.2, 0.25) is 0 Å². The van der Waals surface area contributed by atoms with Gasteiger partial charge in [-0.15, -0.1) is 0 Å². The summed E-state index contributed by atoms with van der Waals surface area (Å²) in [6.07, 6.45) is 0.377. The number of halogens is 1. The zero-order chi connectivity index (χ0) is 10.4. The van der Waals surface area contributed by atoms with Crippen LogP contribution >= 0.6 is 22.6 Å². The number of carbonyl (C=O) groups excluding carboxylic acids is 1. The number of carbonyl (C=O) groups is 1. The first-order valence-electron chi connectivity index (χ1n) is 4.21. The van der Waals surface area contributed by atoms with Crippen LogP contribution in [0.1, 0.15) is 6.42 Å². The second kappa shape index (κ2) is 5.82. The summed E-state index contributed by atoms with van der Waals surface area (Å²) in [7, 11) is 0. The molecule has 5 heteroatoms. The Kier molecular flexibility index (Phi) is 4.68. The third-order valence-corrected chi connectivity index (χ3v) is 2.41. The zero-order valence-electron chi connectivity index (χ0n) is 7.59. The standard InChI is InChI=1S/C9H12IN3O/c10-7-1-3-8(4-2-7)12-6-5-9(14)13-11/h1-4,12H,5-6,11H2,(H,13,14). The number of anilines is 1. The van der Waals surface area contributed by atoms with Crippen molar-refractivity contribution in [2.75, 3.05) is 11.9 Å². The van der Waals surface area contributed by atoms with Crippen LogP contribution < -0.4 is 16.6 Å². The Morgan fingerprint density at radius 1 is 1.36 bits per heavy atom. The molecule has 0 heterocycles. The third kappa shape index (κ3) is 3.93. The lowest BCUT2D eigenvalue weighted by Crippen LogP contribution is -2.31. The van der Waals surface area contributed by atoms with E-state index in [9.17, 15) is 4.79 Å². The molecule has 0 saturated heterocycles. The summed E-state index contributed by atoms with van der Waals surface area (Å²) in [6.45, 7) is 0.587. The van der Waals surface area contributed by atoms with E-state index in [1.807, 2.05) is 24.3 Å². The molecule has 0 unspecified atom stereocenters. The van der Waals surface area contributed by atoms with Crippen molar-refractivity contribution in [3.63, 3.8) is 0 Å². The molecule has 0 fully saturated rings. The van der Waals surface area contributed by atoms with E-state index < -0.39 is 0 Å². The van der Waals surface area contributed by atoms with Crippen molar-refractivity contribution in [3.05, 3.63) is 27.8 Å². The van der Waals surface area contributed by atoms with Gasteiger partial charge in [-0.2, -0.15) is 0 Å². The maximum atomic E-state index is 10.8. The monoisotopic (exact) mass is 305 g/mol. The highest BCUT2D eigenvalue weighted by Crippen LogP contribution is 2.10. The Morgan fingerprint density at radius 3 is 2.57 bits per heavy atom. The number of hydrogen-bond acceptors (Lipinski definition) is 3. The van der Waals surface area contributed by atoms with E-state index in [-0.39, 0.29) is 5.91 Å². The SMILES string of the molecule is NNC(=O)CCNc1ccc(I)cc1. The lowest BCUT2D eigenvalue weighted by Gasteiger charge is -2.05. The number of nitrogens with one attached hydrogen (secondary N) is 2. The number of hydrazine groups is 1.